The average Bonchev–Trinajstić information content (AvgIpc) is 3.82. The van der Waals surface area contributed by atoms with Gasteiger partial charge in [-0.3, -0.25) is 0 Å². The van der Waals surface area contributed by atoms with E-state index in [0.717, 1.165) is 17.8 Å². The van der Waals surface area contributed by atoms with Crippen LogP contribution in [0.5, 0.6) is 0 Å². The van der Waals surface area contributed by atoms with Crippen LogP contribution < -0.4 is 4.90 Å². The molecule has 8 aromatic carbocycles. The second kappa shape index (κ2) is 12.1. The van der Waals surface area contributed by atoms with Gasteiger partial charge in [-0.05, 0) is 132 Å². The van der Waals surface area contributed by atoms with E-state index in [4.69, 9.17) is 0 Å². The van der Waals surface area contributed by atoms with Gasteiger partial charge in [0.25, 0.3) is 0 Å². The first kappa shape index (κ1) is 33.4. The smallest absolute Gasteiger partial charge is 0.0541 e. The fourth-order valence-electron chi connectivity index (χ4n) is 13.4. The van der Waals surface area contributed by atoms with Crippen molar-refractivity contribution >= 4 is 70.4 Å². The molecular weight excluding hydrogens is 745 g/mol. The van der Waals surface area contributed by atoms with E-state index in [2.05, 4.69) is 198 Å². The third kappa shape index (κ3) is 4.28. The van der Waals surface area contributed by atoms with Gasteiger partial charge >= 0.3 is 0 Å². The van der Waals surface area contributed by atoms with E-state index >= 15 is 0 Å². The highest BCUT2D eigenvalue weighted by atomic mass is 32.1. The van der Waals surface area contributed by atoms with Crippen molar-refractivity contribution in [2.75, 3.05) is 4.90 Å². The second-order valence-electron chi connectivity index (χ2n) is 18.2. The van der Waals surface area contributed by atoms with Crippen LogP contribution in [0.4, 0.5) is 17.1 Å². The fourth-order valence-corrected chi connectivity index (χ4v) is 14.5. The summed E-state index contributed by atoms with van der Waals surface area (Å²) in [7, 11) is 0. The lowest BCUT2D eigenvalue weighted by Gasteiger charge is -2.91. The maximum absolute atomic E-state index is 2.56. The Bertz CT molecular complexity index is 3290. The predicted molar refractivity (Wildman–Crippen MR) is 252 cm³/mol. The predicted octanol–water partition coefficient (Wildman–Crippen LogP) is 15.6. The lowest BCUT2D eigenvalue weighted by atomic mass is 9.12. The molecule has 4 aliphatic rings. The van der Waals surface area contributed by atoms with E-state index in [9.17, 15) is 0 Å². The Morgan fingerprint density at radius 1 is 0.450 bits per heavy atom. The van der Waals surface area contributed by atoms with Crippen molar-refractivity contribution in [1.82, 2.24) is 4.57 Å². The average molecular weight is 787 g/mol. The number of hydrogen-bond donors (Lipinski definition) is 0. The van der Waals surface area contributed by atoms with Gasteiger partial charge in [-0.1, -0.05) is 127 Å². The Morgan fingerprint density at radius 3 is 1.75 bits per heavy atom. The summed E-state index contributed by atoms with van der Waals surface area (Å²) in [5.41, 5.74) is 14.8. The van der Waals surface area contributed by atoms with Crippen molar-refractivity contribution in [3.63, 3.8) is 0 Å². The lowest BCUT2D eigenvalue weighted by Crippen LogP contribution is -2.87. The number of aromatic nitrogens is 1. The molecule has 60 heavy (non-hydrogen) atoms. The second-order valence-corrected chi connectivity index (χ2v) is 19.2. The molecule has 0 unspecified atom stereocenters. The molecule has 4 aliphatic carbocycles. The minimum atomic E-state index is 0.417. The van der Waals surface area contributed by atoms with E-state index in [1.807, 2.05) is 11.3 Å². The minimum Gasteiger partial charge on any atom is -0.310 e. The van der Waals surface area contributed by atoms with Gasteiger partial charge in [0, 0.05) is 59.0 Å². The molecule has 4 fully saturated rings. The van der Waals surface area contributed by atoms with Crippen LogP contribution >= 0.6 is 11.3 Å². The maximum atomic E-state index is 2.56. The molecule has 10 aromatic rings. The monoisotopic (exact) mass is 786 g/mol. The molecule has 4 saturated carbocycles. The zero-order valence-corrected chi connectivity index (χ0v) is 34.1. The number of fused-ring (bicyclic) bond motifs is 6. The Labute approximate surface area is 354 Å². The van der Waals surface area contributed by atoms with Crippen LogP contribution in [0.25, 0.3) is 69.9 Å². The fraction of sp³-hybridized carbons (Fsp3) is 0.158. The molecule has 0 N–H and O–H groups in total. The largest absolute Gasteiger partial charge is 0.310 e. The molecule has 2 atom stereocenters. The van der Waals surface area contributed by atoms with Gasteiger partial charge in [-0.2, -0.15) is 0 Å². The summed E-state index contributed by atoms with van der Waals surface area (Å²) < 4.78 is 5.10. The van der Waals surface area contributed by atoms with Crippen LogP contribution in [-0.4, -0.2) is 4.57 Å². The zero-order valence-electron chi connectivity index (χ0n) is 33.3. The van der Waals surface area contributed by atoms with E-state index in [1.54, 1.807) is 5.56 Å². The highest BCUT2D eigenvalue weighted by Gasteiger charge is 2.87. The Hall–Kier alpha value is -6.42. The molecule has 286 valence electrons. The summed E-state index contributed by atoms with van der Waals surface area (Å²) >= 11 is 1.90. The number of rotatable bonds is 7. The Kier molecular flexibility index (Phi) is 6.73. The van der Waals surface area contributed by atoms with Crippen LogP contribution in [0.1, 0.15) is 31.2 Å². The number of hydrogen-bond acceptors (Lipinski definition) is 2. The van der Waals surface area contributed by atoms with Crippen molar-refractivity contribution in [2.24, 2.45) is 23.2 Å². The van der Waals surface area contributed by atoms with Crippen molar-refractivity contribution in [3.8, 4) is 27.9 Å². The van der Waals surface area contributed by atoms with Gasteiger partial charge in [0.05, 0.1) is 16.7 Å². The normalized spacial score (nSPS) is 23.4. The van der Waals surface area contributed by atoms with E-state index in [1.165, 1.54) is 113 Å². The summed E-state index contributed by atoms with van der Waals surface area (Å²) in [4.78, 5) is 2.51. The highest BCUT2D eigenvalue weighted by Crippen LogP contribution is 2.92. The van der Waals surface area contributed by atoms with Crippen molar-refractivity contribution in [1.29, 1.82) is 0 Å². The number of anilines is 3. The van der Waals surface area contributed by atoms with E-state index < -0.39 is 0 Å². The zero-order chi connectivity index (χ0) is 39.2. The SMILES string of the molecule is c1cc(N(c2ccc(-c3ccc(-c4ccccc4-n4c5ccccc5c5ccccc54)cc3)cc2)c2ccc3c(c2)sc2ccccc23)cc(C23C[C@@H]4CC5C[C@@H](C2)C543)c1. The first-order valence-electron chi connectivity index (χ1n) is 21.8. The highest BCUT2D eigenvalue weighted by molar-refractivity contribution is 7.25. The molecule has 0 aliphatic heterocycles. The molecule has 1 spiro atoms. The summed E-state index contributed by atoms with van der Waals surface area (Å²) in [6.07, 6.45) is 5.78. The van der Waals surface area contributed by atoms with Crippen LogP contribution in [0, 0.1) is 23.2 Å². The molecule has 2 aromatic heterocycles. The van der Waals surface area contributed by atoms with E-state index in [0.29, 0.717) is 10.8 Å². The Morgan fingerprint density at radius 2 is 1.03 bits per heavy atom. The summed E-state index contributed by atoms with van der Waals surface area (Å²) in [6.45, 7) is 0. The van der Waals surface area contributed by atoms with Gasteiger partial charge in [-0.15, -0.1) is 11.3 Å². The number of nitrogens with zero attached hydrogens (tertiary/aromatic N) is 2. The van der Waals surface area contributed by atoms with Crippen LogP contribution in [-0.2, 0) is 5.41 Å². The minimum absolute atomic E-state index is 0.417. The van der Waals surface area contributed by atoms with Crippen LogP contribution in [0.2, 0.25) is 0 Å². The quantitative estimate of drug-likeness (QED) is 0.156. The lowest BCUT2D eigenvalue weighted by molar-refractivity contribution is -0.395. The summed E-state index contributed by atoms with van der Waals surface area (Å²) in [5.74, 6) is 2.96. The van der Waals surface area contributed by atoms with E-state index in [-0.39, 0.29) is 0 Å². The topological polar surface area (TPSA) is 8.17 Å². The third-order valence-corrected chi connectivity index (χ3v) is 17.0. The van der Waals surface area contributed by atoms with Crippen LogP contribution in [0.15, 0.2) is 188 Å². The molecule has 0 bridgehead atoms. The first-order valence-corrected chi connectivity index (χ1v) is 22.6. The molecule has 3 heteroatoms. The van der Waals surface area contributed by atoms with Crippen molar-refractivity contribution in [2.45, 2.75) is 31.1 Å². The van der Waals surface area contributed by atoms with Gasteiger partial charge in [-0.25, -0.2) is 0 Å². The van der Waals surface area contributed by atoms with Gasteiger partial charge in [0.1, 0.15) is 0 Å². The van der Waals surface area contributed by atoms with Crippen molar-refractivity contribution < 1.29 is 0 Å². The summed E-state index contributed by atoms with van der Waals surface area (Å²) in [6, 6.07) is 70.4. The molecule has 2 nitrogen and oxygen atoms in total. The first-order chi connectivity index (χ1) is 29.7. The standard InChI is InChI=1S/C57H42N2S/c1-5-16-51(59-52-17-6-2-13-47(52)48-14-3-7-18-53(48)59)46(12-1)38-22-20-36(21-23-38)37-24-26-43(27-25-37)58(45-28-29-50-49-15-4-8-19-54(49)60-55(50)33-45)44-11-9-10-39(32-44)56-34-41-30-40-31-42(35-56)57(40,41)56/h1-29,32-33,40-42H,30-31,34-35H2/t40?,41-,42-,56?,57?/m0/s1. The molecule has 14 rings (SSSR count). The van der Waals surface area contributed by atoms with Crippen LogP contribution in [0.3, 0.4) is 0 Å². The van der Waals surface area contributed by atoms with Gasteiger partial charge < -0.3 is 9.47 Å². The maximum Gasteiger partial charge on any atom is 0.0541 e. The molecule has 2 heterocycles. The molecule has 0 radical (unpaired) electrons. The summed E-state index contributed by atoms with van der Waals surface area (Å²) in [5, 5.41) is 5.24. The third-order valence-electron chi connectivity index (χ3n) is 15.8. The van der Waals surface area contributed by atoms with Gasteiger partial charge in [0.15, 0.2) is 0 Å². The number of benzene rings is 8. The molecular formula is C57H42N2S. The molecule has 0 amide bonds. The number of thiophene rings is 1. The molecule has 0 saturated heterocycles. The van der Waals surface area contributed by atoms with Crippen molar-refractivity contribution in [3.05, 3.63) is 194 Å². The Balaban J connectivity index is 0.830. The van der Waals surface area contributed by atoms with Gasteiger partial charge in [0.2, 0.25) is 0 Å². The number of para-hydroxylation sites is 3.